The molecule has 0 spiro atoms. The molecule has 1 aliphatic heterocycles. The lowest BCUT2D eigenvalue weighted by molar-refractivity contribution is -0.142. The predicted molar refractivity (Wildman–Crippen MR) is 72.6 cm³/mol. The highest BCUT2D eigenvalue weighted by molar-refractivity contribution is 7.86. The van der Waals surface area contributed by atoms with Crippen LogP contribution >= 0.6 is 0 Å². The molecule has 6 nitrogen and oxygen atoms in total. The molecular weight excluding hydrogens is 282 g/mol. The second-order valence-electron chi connectivity index (χ2n) is 4.93. The molecule has 1 aliphatic rings. The van der Waals surface area contributed by atoms with E-state index in [0.29, 0.717) is 13.1 Å². The second kappa shape index (κ2) is 5.90. The Hall–Kier alpha value is -1.44. The van der Waals surface area contributed by atoms with Gasteiger partial charge in [-0.05, 0) is 5.56 Å². The minimum Gasteiger partial charge on any atom is -0.480 e. The number of rotatable bonds is 5. The highest BCUT2D eigenvalue weighted by atomic mass is 32.2. The summed E-state index contributed by atoms with van der Waals surface area (Å²) in [4.78, 5) is 13.0. The number of carboxylic acids is 1. The van der Waals surface area contributed by atoms with E-state index < -0.39 is 28.2 Å². The number of carbonyl (C=O) groups is 1. The highest BCUT2D eigenvalue weighted by Crippen LogP contribution is 2.24. The average Bonchev–Trinajstić information content (AvgIpc) is 2.71. The summed E-state index contributed by atoms with van der Waals surface area (Å²) in [5.41, 5.74) is 0.985. The number of nitrogens with zero attached hydrogens (tertiary/aromatic N) is 1. The molecule has 1 N–H and O–H groups in total. The zero-order chi connectivity index (χ0) is 14.8. The van der Waals surface area contributed by atoms with Crippen molar-refractivity contribution in [3.05, 3.63) is 35.9 Å². The normalized spacial score (nSPS) is 23.9. The van der Waals surface area contributed by atoms with Crippen LogP contribution in [0.2, 0.25) is 0 Å². The Kier molecular flexibility index (Phi) is 4.42. The van der Waals surface area contributed by atoms with E-state index in [-0.39, 0.29) is 6.42 Å². The van der Waals surface area contributed by atoms with Crippen LogP contribution in [0.4, 0.5) is 0 Å². The first-order chi connectivity index (χ1) is 9.35. The van der Waals surface area contributed by atoms with E-state index in [1.807, 2.05) is 30.3 Å². The first-order valence-corrected chi connectivity index (χ1v) is 8.06. The van der Waals surface area contributed by atoms with E-state index in [9.17, 15) is 18.3 Å². The SMILES string of the molecule is CS(=O)(=O)O[C@@H]1C[C@@H](C(=O)O)N(Cc2ccccc2)C1. The minimum absolute atomic E-state index is 0.176. The van der Waals surface area contributed by atoms with E-state index in [1.54, 1.807) is 4.90 Å². The van der Waals surface area contributed by atoms with Crippen molar-refractivity contribution in [3.8, 4) is 0 Å². The van der Waals surface area contributed by atoms with Crippen molar-refractivity contribution in [1.82, 2.24) is 4.90 Å². The van der Waals surface area contributed by atoms with Gasteiger partial charge in [-0.25, -0.2) is 0 Å². The van der Waals surface area contributed by atoms with Crippen LogP contribution in [-0.2, 0) is 25.6 Å². The van der Waals surface area contributed by atoms with Gasteiger partial charge in [0.25, 0.3) is 10.1 Å². The van der Waals surface area contributed by atoms with Crippen molar-refractivity contribution >= 4 is 16.1 Å². The van der Waals surface area contributed by atoms with Crippen molar-refractivity contribution in [3.63, 3.8) is 0 Å². The molecule has 0 unspecified atom stereocenters. The summed E-state index contributed by atoms with van der Waals surface area (Å²) in [5, 5.41) is 9.23. The molecular formula is C13H17NO5S. The van der Waals surface area contributed by atoms with Gasteiger partial charge in [-0.3, -0.25) is 13.9 Å². The Morgan fingerprint density at radius 1 is 1.40 bits per heavy atom. The lowest BCUT2D eigenvalue weighted by Gasteiger charge is -2.20. The fraction of sp³-hybridized carbons (Fsp3) is 0.462. The molecule has 0 aromatic heterocycles. The first-order valence-electron chi connectivity index (χ1n) is 6.24. The van der Waals surface area contributed by atoms with Crippen LogP contribution in [-0.4, -0.2) is 49.3 Å². The third kappa shape index (κ3) is 4.03. The maximum Gasteiger partial charge on any atom is 0.321 e. The number of benzene rings is 1. The minimum atomic E-state index is -3.57. The quantitative estimate of drug-likeness (QED) is 0.805. The highest BCUT2D eigenvalue weighted by Gasteiger charge is 2.38. The number of aliphatic carboxylic acids is 1. The molecule has 1 aromatic rings. The molecule has 2 atom stereocenters. The molecule has 0 bridgehead atoms. The Morgan fingerprint density at radius 2 is 2.05 bits per heavy atom. The van der Waals surface area contributed by atoms with E-state index in [2.05, 4.69) is 0 Å². The van der Waals surface area contributed by atoms with E-state index in [1.165, 1.54) is 0 Å². The van der Waals surface area contributed by atoms with Gasteiger partial charge in [0.1, 0.15) is 6.04 Å². The maximum absolute atomic E-state index is 11.3. The van der Waals surface area contributed by atoms with Crippen molar-refractivity contribution in [2.75, 3.05) is 12.8 Å². The van der Waals surface area contributed by atoms with Crippen LogP contribution in [0.3, 0.4) is 0 Å². The molecule has 1 aromatic carbocycles. The summed E-state index contributed by atoms with van der Waals surface area (Å²) in [5.74, 6) is -0.958. The first kappa shape index (κ1) is 15.0. The molecule has 1 fully saturated rings. The van der Waals surface area contributed by atoms with E-state index in [0.717, 1.165) is 11.8 Å². The van der Waals surface area contributed by atoms with Gasteiger partial charge >= 0.3 is 5.97 Å². The number of hydrogen-bond acceptors (Lipinski definition) is 5. The summed E-state index contributed by atoms with van der Waals surface area (Å²) in [6.45, 7) is 0.750. The Balaban J connectivity index is 2.08. The molecule has 7 heteroatoms. The van der Waals surface area contributed by atoms with Crippen LogP contribution < -0.4 is 0 Å². The van der Waals surface area contributed by atoms with Crippen LogP contribution in [0.1, 0.15) is 12.0 Å². The zero-order valence-corrected chi connectivity index (χ0v) is 11.9. The van der Waals surface area contributed by atoms with Gasteiger partial charge in [-0.1, -0.05) is 30.3 Å². The molecule has 0 amide bonds. The Morgan fingerprint density at radius 3 is 2.60 bits per heavy atom. The fourth-order valence-corrected chi connectivity index (χ4v) is 3.06. The number of hydrogen-bond donors (Lipinski definition) is 1. The average molecular weight is 299 g/mol. The van der Waals surface area contributed by atoms with Gasteiger partial charge < -0.3 is 5.11 Å². The van der Waals surface area contributed by atoms with Crippen LogP contribution in [0.25, 0.3) is 0 Å². The molecule has 2 rings (SSSR count). The lowest BCUT2D eigenvalue weighted by atomic mass is 10.2. The summed E-state index contributed by atoms with van der Waals surface area (Å²) in [7, 11) is -3.57. The van der Waals surface area contributed by atoms with Crippen molar-refractivity contribution in [2.45, 2.75) is 25.1 Å². The topological polar surface area (TPSA) is 83.9 Å². The van der Waals surface area contributed by atoms with Gasteiger partial charge in [0.2, 0.25) is 0 Å². The second-order valence-corrected chi connectivity index (χ2v) is 6.53. The third-order valence-corrected chi connectivity index (χ3v) is 3.81. The monoisotopic (exact) mass is 299 g/mol. The largest absolute Gasteiger partial charge is 0.480 e. The van der Waals surface area contributed by atoms with Gasteiger partial charge in [0.15, 0.2) is 0 Å². The molecule has 1 saturated heterocycles. The number of carboxylic acid groups (broad SMARTS) is 1. The van der Waals surface area contributed by atoms with Gasteiger partial charge in [-0.15, -0.1) is 0 Å². The van der Waals surface area contributed by atoms with Crippen LogP contribution in [0.5, 0.6) is 0 Å². The fourth-order valence-electron chi connectivity index (χ4n) is 2.43. The van der Waals surface area contributed by atoms with Crippen molar-refractivity contribution < 1.29 is 22.5 Å². The molecule has 0 aliphatic carbocycles. The summed E-state index contributed by atoms with van der Waals surface area (Å²) in [6, 6.07) is 8.74. The third-order valence-electron chi connectivity index (χ3n) is 3.19. The molecule has 110 valence electrons. The molecule has 20 heavy (non-hydrogen) atoms. The number of likely N-dealkylation sites (tertiary alicyclic amines) is 1. The standard InChI is InChI=1S/C13H17NO5S/c1-20(17,18)19-11-7-12(13(15)16)14(9-11)8-10-5-3-2-4-6-10/h2-6,11-12H,7-9H2,1H3,(H,15,16)/t11-,12+/m1/s1. The molecule has 1 heterocycles. The molecule has 0 saturated carbocycles. The van der Waals surface area contributed by atoms with Crippen molar-refractivity contribution in [2.24, 2.45) is 0 Å². The van der Waals surface area contributed by atoms with Crippen molar-refractivity contribution in [1.29, 1.82) is 0 Å². The van der Waals surface area contributed by atoms with Gasteiger partial charge in [-0.2, -0.15) is 8.42 Å². The van der Waals surface area contributed by atoms with Gasteiger partial charge in [0.05, 0.1) is 12.4 Å². The Labute approximate surface area is 118 Å². The van der Waals surface area contributed by atoms with Crippen LogP contribution in [0.15, 0.2) is 30.3 Å². The molecule has 0 radical (unpaired) electrons. The smallest absolute Gasteiger partial charge is 0.321 e. The summed E-state index contributed by atoms with van der Waals surface area (Å²) < 4.78 is 27.2. The summed E-state index contributed by atoms with van der Waals surface area (Å²) in [6.07, 6.45) is 0.549. The van der Waals surface area contributed by atoms with Gasteiger partial charge in [0, 0.05) is 19.5 Å². The maximum atomic E-state index is 11.3. The lowest BCUT2D eigenvalue weighted by Crippen LogP contribution is -2.35. The van der Waals surface area contributed by atoms with E-state index >= 15 is 0 Å². The predicted octanol–water partition coefficient (Wildman–Crippen LogP) is 0.690. The van der Waals surface area contributed by atoms with Crippen LogP contribution in [0, 0.1) is 0 Å². The van der Waals surface area contributed by atoms with E-state index in [4.69, 9.17) is 4.18 Å². The summed E-state index contributed by atoms with van der Waals surface area (Å²) >= 11 is 0. The zero-order valence-electron chi connectivity index (χ0n) is 11.1. The Bertz CT molecular complexity index is 572.